The van der Waals surface area contributed by atoms with E-state index in [1.165, 1.54) is 0 Å². The first-order valence-electron chi connectivity index (χ1n) is 6.87. The molecule has 2 aromatic carbocycles. The van der Waals surface area contributed by atoms with Crippen LogP contribution in [-0.2, 0) is 11.2 Å². The zero-order chi connectivity index (χ0) is 15.4. The second kappa shape index (κ2) is 6.76. The molecule has 0 saturated carbocycles. The lowest BCUT2D eigenvalue weighted by atomic mass is 10.1. The van der Waals surface area contributed by atoms with Crippen LogP contribution in [0, 0.1) is 13.8 Å². The molecule has 0 unspecified atom stereocenters. The summed E-state index contributed by atoms with van der Waals surface area (Å²) in [4.78, 5) is 12.1. The number of hydrogen-bond donors (Lipinski definition) is 2. The molecule has 2 rings (SSSR count). The summed E-state index contributed by atoms with van der Waals surface area (Å²) >= 11 is 3.50. The third-order valence-electron chi connectivity index (χ3n) is 3.37. The van der Waals surface area contributed by atoms with Crippen LogP contribution in [0.15, 0.2) is 40.9 Å². The minimum absolute atomic E-state index is 0.00842. The van der Waals surface area contributed by atoms with Gasteiger partial charge in [0.1, 0.15) is 0 Å². The number of carbonyl (C=O) groups is 1. The number of rotatable bonds is 4. The Morgan fingerprint density at radius 1 is 1.24 bits per heavy atom. The molecule has 4 heteroatoms. The molecule has 0 fully saturated rings. The maximum absolute atomic E-state index is 12.1. The first-order valence-corrected chi connectivity index (χ1v) is 7.66. The molecular formula is C17H19BrN2O. The third kappa shape index (κ3) is 4.08. The molecule has 3 N–H and O–H groups in total. The maximum Gasteiger partial charge on any atom is 0.224 e. The molecule has 0 aliphatic rings. The molecule has 0 aromatic heterocycles. The Labute approximate surface area is 133 Å². The van der Waals surface area contributed by atoms with E-state index in [0.29, 0.717) is 12.8 Å². The second-order valence-electron chi connectivity index (χ2n) is 5.19. The van der Waals surface area contributed by atoms with Crippen molar-refractivity contribution in [3.63, 3.8) is 0 Å². The van der Waals surface area contributed by atoms with Gasteiger partial charge >= 0.3 is 0 Å². The Kier molecular flexibility index (Phi) is 5.02. The minimum Gasteiger partial charge on any atom is -0.399 e. The number of para-hydroxylation sites is 1. The molecule has 110 valence electrons. The number of nitrogen functional groups attached to an aromatic ring is 1. The molecule has 0 bridgehead atoms. The van der Waals surface area contributed by atoms with Crippen LogP contribution in [0.5, 0.6) is 0 Å². The number of anilines is 2. The van der Waals surface area contributed by atoms with E-state index in [2.05, 4.69) is 27.3 Å². The average molecular weight is 347 g/mol. The van der Waals surface area contributed by atoms with Crippen molar-refractivity contribution in [2.75, 3.05) is 11.1 Å². The third-order valence-corrected chi connectivity index (χ3v) is 4.00. The number of nitrogens with one attached hydrogen (secondary N) is 1. The summed E-state index contributed by atoms with van der Waals surface area (Å²) in [6.07, 6.45) is 1.05. The zero-order valence-electron chi connectivity index (χ0n) is 12.2. The van der Waals surface area contributed by atoms with Gasteiger partial charge in [-0.05, 0) is 65.0 Å². The van der Waals surface area contributed by atoms with Crippen LogP contribution in [0.1, 0.15) is 23.1 Å². The summed E-state index contributed by atoms with van der Waals surface area (Å²) in [5.41, 5.74) is 10.7. The van der Waals surface area contributed by atoms with Gasteiger partial charge in [0, 0.05) is 16.6 Å². The molecule has 0 spiro atoms. The first kappa shape index (κ1) is 15.6. The van der Waals surface area contributed by atoms with Gasteiger partial charge in [0.05, 0.1) is 5.69 Å². The van der Waals surface area contributed by atoms with Crippen molar-refractivity contribution >= 4 is 33.2 Å². The van der Waals surface area contributed by atoms with Gasteiger partial charge in [0.25, 0.3) is 0 Å². The summed E-state index contributed by atoms with van der Waals surface area (Å²) < 4.78 is 0.910. The van der Waals surface area contributed by atoms with Crippen LogP contribution in [0.3, 0.4) is 0 Å². The van der Waals surface area contributed by atoms with Crippen molar-refractivity contribution in [2.24, 2.45) is 0 Å². The smallest absolute Gasteiger partial charge is 0.224 e. The van der Waals surface area contributed by atoms with Crippen LogP contribution in [0.4, 0.5) is 11.4 Å². The molecule has 0 aliphatic carbocycles. The number of amides is 1. The van der Waals surface area contributed by atoms with Crippen molar-refractivity contribution in [2.45, 2.75) is 26.7 Å². The Hall–Kier alpha value is -1.81. The molecule has 0 heterocycles. The van der Waals surface area contributed by atoms with Gasteiger partial charge in [-0.3, -0.25) is 4.79 Å². The zero-order valence-corrected chi connectivity index (χ0v) is 13.8. The fourth-order valence-corrected chi connectivity index (χ4v) is 3.06. The van der Waals surface area contributed by atoms with Gasteiger partial charge < -0.3 is 11.1 Å². The minimum atomic E-state index is -0.00842. The summed E-state index contributed by atoms with van der Waals surface area (Å²) in [6.45, 7) is 4.02. The van der Waals surface area contributed by atoms with E-state index in [4.69, 9.17) is 5.73 Å². The van der Waals surface area contributed by atoms with Crippen LogP contribution in [0.2, 0.25) is 0 Å². The fraction of sp³-hybridized carbons (Fsp3) is 0.235. The lowest BCUT2D eigenvalue weighted by Gasteiger charge is -2.12. The Morgan fingerprint density at radius 2 is 1.95 bits per heavy atom. The molecule has 0 atom stereocenters. The van der Waals surface area contributed by atoms with E-state index >= 15 is 0 Å². The van der Waals surface area contributed by atoms with Crippen LogP contribution >= 0.6 is 15.9 Å². The first-order chi connectivity index (χ1) is 9.97. The van der Waals surface area contributed by atoms with E-state index in [1.54, 1.807) is 0 Å². The second-order valence-corrected chi connectivity index (χ2v) is 6.04. The molecule has 0 saturated heterocycles. The summed E-state index contributed by atoms with van der Waals surface area (Å²) in [7, 11) is 0. The fourth-order valence-electron chi connectivity index (χ4n) is 2.29. The van der Waals surface area contributed by atoms with E-state index in [1.807, 2.05) is 44.2 Å². The Bertz CT molecular complexity index is 645. The van der Waals surface area contributed by atoms with E-state index in [0.717, 1.165) is 32.5 Å². The van der Waals surface area contributed by atoms with Gasteiger partial charge in [-0.1, -0.05) is 24.3 Å². The molecule has 21 heavy (non-hydrogen) atoms. The predicted octanol–water partition coefficient (Wildman–Crippen LogP) is 4.22. The highest BCUT2D eigenvalue weighted by Gasteiger charge is 2.10. The molecule has 0 radical (unpaired) electrons. The predicted molar refractivity (Wildman–Crippen MR) is 91.4 cm³/mol. The van der Waals surface area contributed by atoms with E-state index in [-0.39, 0.29) is 5.91 Å². The van der Waals surface area contributed by atoms with Crippen molar-refractivity contribution in [3.8, 4) is 0 Å². The van der Waals surface area contributed by atoms with E-state index < -0.39 is 0 Å². The van der Waals surface area contributed by atoms with Gasteiger partial charge in [-0.15, -0.1) is 0 Å². The monoisotopic (exact) mass is 346 g/mol. The largest absolute Gasteiger partial charge is 0.399 e. The standard InChI is InChI=1S/C17H19BrN2O/c1-11-9-12(2)17(14(18)10-11)20-16(21)8-7-13-5-3-4-6-15(13)19/h3-6,9-10H,7-8,19H2,1-2H3,(H,20,21). The van der Waals surface area contributed by atoms with Crippen LogP contribution in [0.25, 0.3) is 0 Å². The molecule has 1 amide bonds. The molecule has 3 nitrogen and oxygen atoms in total. The van der Waals surface area contributed by atoms with Crippen molar-refractivity contribution in [1.82, 2.24) is 0 Å². The lowest BCUT2D eigenvalue weighted by Crippen LogP contribution is -2.14. The van der Waals surface area contributed by atoms with Gasteiger partial charge in [0.2, 0.25) is 5.91 Å². The lowest BCUT2D eigenvalue weighted by molar-refractivity contribution is -0.116. The Balaban J connectivity index is 2.01. The molecular weight excluding hydrogens is 328 g/mol. The van der Waals surface area contributed by atoms with Crippen LogP contribution < -0.4 is 11.1 Å². The maximum atomic E-state index is 12.1. The topological polar surface area (TPSA) is 55.1 Å². The number of halogens is 1. The highest BCUT2D eigenvalue weighted by atomic mass is 79.9. The average Bonchev–Trinajstić information content (AvgIpc) is 2.42. The van der Waals surface area contributed by atoms with Gasteiger partial charge in [-0.2, -0.15) is 0 Å². The van der Waals surface area contributed by atoms with Crippen molar-refractivity contribution in [1.29, 1.82) is 0 Å². The number of aryl methyl sites for hydroxylation is 3. The number of benzene rings is 2. The number of nitrogens with two attached hydrogens (primary N) is 1. The van der Waals surface area contributed by atoms with Crippen LogP contribution in [-0.4, -0.2) is 5.91 Å². The van der Waals surface area contributed by atoms with Gasteiger partial charge in [0.15, 0.2) is 0 Å². The molecule has 0 aliphatic heterocycles. The highest BCUT2D eigenvalue weighted by Crippen LogP contribution is 2.28. The van der Waals surface area contributed by atoms with Gasteiger partial charge in [-0.25, -0.2) is 0 Å². The molecule has 2 aromatic rings. The van der Waals surface area contributed by atoms with Crippen molar-refractivity contribution < 1.29 is 4.79 Å². The van der Waals surface area contributed by atoms with Crippen molar-refractivity contribution in [3.05, 3.63) is 57.6 Å². The summed E-state index contributed by atoms with van der Waals surface area (Å²) in [5, 5.41) is 2.97. The van der Waals surface area contributed by atoms with E-state index in [9.17, 15) is 4.79 Å². The summed E-state index contributed by atoms with van der Waals surface area (Å²) in [6, 6.07) is 11.7. The summed E-state index contributed by atoms with van der Waals surface area (Å²) in [5.74, 6) is -0.00842. The highest BCUT2D eigenvalue weighted by molar-refractivity contribution is 9.10. The Morgan fingerprint density at radius 3 is 2.62 bits per heavy atom. The quantitative estimate of drug-likeness (QED) is 0.814. The normalized spacial score (nSPS) is 10.4. The number of carbonyl (C=O) groups excluding carboxylic acids is 1. The number of hydrogen-bond acceptors (Lipinski definition) is 2. The SMILES string of the molecule is Cc1cc(C)c(NC(=O)CCc2ccccc2N)c(Br)c1.